The summed E-state index contributed by atoms with van der Waals surface area (Å²) in [5.41, 5.74) is 0. The number of aliphatic hydroxyl groups excluding tert-OH is 5. The summed E-state index contributed by atoms with van der Waals surface area (Å²) >= 11 is 0. The van der Waals surface area contributed by atoms with Crippen LogP contribution in [0.3, 0.4) is 0 Å². The maximum atomic E-state index is 13.5. The summed E-state index contributed by atoms with van der Waals surface area (Å²) in [7, 11) is 0. The highest BCUT2D eigenvalue weighted by Crippen LogP contribution is 2.26. The normalized spacial score (nSPS) is 19.2. The first-order valence-corrected chi connectivity index (χ1v) is 34.2. The molecule has 0 bridgehead atoms. The van der Waals surface area contributed by atoms with E-state index in [1.807, 2.05) is 18.2 Å². The van der Waals surface area contributed by atoms with E-state index >= 15 is 0 Å². The predicted octanol–water partition coefficient (Wildman–Crippen LogP) is 17.2. The molecule has 1 aliphatic rings. The van der Waals surface area contributed by atoms with Gasteiger partial charge in [-0.2, -0.15) is 0 Å². The second-order valence-electron chi connectivity index (χ2n) is 23.2. The molecule has 11 heteroatoms. The molecule has 84 heavy (non-hydrogen) atoms. The smallest absolute Gasteiger partial charge is 0.306 e. The van der Waals surface area contributed by atoms with Crippen molar-refractivity contribution in [3.8, 4) is 0 Å². The van der Waals surface area contributed by atoms with E-state index in [9.17, 15) is 35.1 Å². The fourth-order valence-corrected chi connectivity index (χ4v) is 10.1. The Bertz CT molecular complexity index is 1780. The second-order valence-corrected chi connectivity index (χ2v) is 23.2. The van der Waals surface area contributed by atoms with Gasteiger partial charge in [0, 0.05) is 6.42 Å². The first-order chi connectivity index (χ1) is 41.2. The van der Waals surface area contributed by atoms with Gasteiger partial charge in [0.25, 0.3) is 0 Å². The van der Waals surface area contributed by atoms with Crippen molar-refractivity contribution < 1.29 is 49.3 Å². The number of carbonyl (C=O) groups is 2. The van der Waals surface area contributed by atoms with Crippen molar-refractivity contribution in [2.24, 2.45) is 0 Å². The van der Waals surface area contributed by atoms with E-state index in [4.69, 9.17) is 14.2 Å². The fourth-order valence-electron chi connectivity index (χ4n) is 10.1. The average Bonchev–Trinajstić information content (AvgIpc) is 3.69. The van der Waals surface area contributed by atoms with Crippen LogP contribution in [-0.4, -0.2) is 99.6 Å². The van der Waals surface area contributed by atoms with Crippen molar-refractivity contribution in [2.75, 3.05) is 13.2 Å². The van der Waals surface area contributed by atoms with Crippen molar-refractivity contribution in [1.82, 2.24) is 5.32 Å². The van der Waals surface area contributed by atoms with Gasteiger partial charge in [0.1, 0.15) is 24.4 Å². The molecule has 0 aromatic heterocycles. The van der Waals surface area contributed by atoms with Crippen LogP contribution < -0.4 is 5.32 Å². The monoisotopic (exact) mass is 1180 g/mol. The molecule has 0 aromatic rings. The summed E-state index contributed by atoms with van der Waals surface area (Å²) in [6.07, 6.45) is 71.4. The van der Waals surface area contributed by atoms with Crippen molar-refractivity contribution in [2.45, 2.75) is 327 Å². The van der Waals surface area contributed by atoms with Gasteiger partial charge in [-0.15, -0.1) is 0 Å². The minimum Gasteiger partial charge on any atom is -0.454 e. The number of unbranched alkanes of at least 4 members (excludes halogenated alkanes) is 27. The van der Waals surface area contributed by atoms with Gasteiger partial charge in [0.2, 0.25) is 5.91 Å². The molecule has 1 amide bonds. The van der Waals surface area contributed by atoms with Crippen LogP contribution in [0.5, 0.6) is 0 Å². The highest BCUT2D eigenvalue weighted by atomic mass is 16.7. The summed E-state index contributed by atoms with van der Waals surface area (Å²) in [4.78, 5) is 26.6. The topological polar surface area (TPSA) is 175 Å². The van der Waals surface area contributed by atoms with Crippen LogP contribution in [0, 0.1) is 0 Å². The third-order valence-electron chi connectivity index (χ3n) is 15.4. The molecular formula is C73H125NO10. The molecule has 1 rings (SSSR count). The maximum Gasteiger partial charge on any atom is 0.306 e. The summed E-state index contributed by atoms with van der Waals surface area (Å²) in [5, 5.41) is 57.1. The SMILES string of the molecule is CC/C=C\C/C=C\C/C=C\C/C=C\C/C=C\C/C=C\CCC(=O)OC1C(OCC(NC(=O)C(O)CCCCCCCCCCCCCCCC/C=C\C/C=C\CCCCC)C(O)/C=C/CCCCCCCCCCCC)OC(CO)C(O)C1O. The van der Waals surface area contributed by atoms with E-state index in [2.05, 4.69) is 111 Å². The molecule has 11 nitrogen and oxygen atoms in total. The zero-order valence-corrected chi connectivity index (χ0v) is 53.5. The van der Waals surface area contributed by atoms with Gasteiger partial charge >= 0.3 is 5.97 Å². The second kappa shape index (κ2) is 59.6. The minimum absolute atomic E-state index is 0.00582. The Morgan fingerprint density at radius 3 is 1.31 bits per heavy atom. The van der Waals surface area contributed by atoms with Crippen LogP contribution in [0.1, 0.15) is 278 Å². The van der Waals surface area contributed by atoms with Gasteiger partial charge in [-0.3, -0.25) is 9.59 Å². The number of nitrogens with one attached hydrogen (secondary N) is 1. The summed E-state index contributed by atoms with van der Waals surface area (Å²) in [5.74, 6) is -1.29. The quantitative estimate of drug-likeness (QED) is 0.0195. The molecule has 0 spiro atoms. The van der Waals surface area contributed by atoms with E-state index in [0.717, 1.165) is 83.5 Å². The van der Waals surface area contributed by atoms with E-state index in [-0.39, 0.29) is 19.4 Å². The lowest BCUT2D eigenvalue weighted by atomic mass is 9.99. The molecule has 8 atom stereocenters. The van der Waals surface area contributed by atoms with Gasteiger partial charge in [-0.1, -0.05) is 284 Å². The third-order valence-corrected chi connectivity index (χ3v) is 15.4. The number of allylic oxidation sites excluding steroid dienone is 17. The Morgan fingerprint density at radius 1 is 0.476 bits per heavy atom. The Kier molecular flexibility index (Phi) is 55.6. The molecule has 482 valence electrons. The maximum absolute atomic E-state index is 13.5. The van der Waals surface area contributed by atoms with Crippen molar-refractivity contribution >= 4 is 11.9 Å². The van der Waals surface area contributed by atoms with Crippen LogP contribution in [0.15, 0.2) is 109 Å². The first kappa shape index (κ1) is 78.3. The van der Waals surface area contributed by atoms with Crippen LogP contribution in [0.2, 0.25) is 0 Å². The molecule has 1 fully saturated rings. The number of esters is 1. The molecule has 0 radical (unpaired) electrons. The molecule has 0 saturated carbocycles. The molecule has 1 saturated heterocycles. The average molecular weight is 1180 g/mol. The van der Waals surface area contributed by atoms with Gasteiger partial charge in [0.15, 0.2) is 12.4 Å². The Labute approximate surface area is 513 Å². The molecular weight excluding hydrogens is 1050 g/mol. The summed E-state index contributed by atoms with van der Waals surface area (Å²) in [6, 6.07) is -1.05. The van der Waals surface area contributed by atoms with Crippen LogP contribution in [0.25, 0.3) is 0 Å². The van der Waals surface area contributed by atoms with Crippen LogP contribution >= 0.6 is 0 Å². The lowest BCUT2D eigenvalue weighted by Crippen LogP contribution is -2.61. The lowest BCUT2D eigenvalue weighted by molar-refractivity contribution is -0.305. The van der Waals surface area contributed by atoms with Crippen molar-refractivity contribution in [1.29, 1.82) is 0 Å². The Morgan fingerprint density at radius 2 is 0.857 bits per heavy atom. The zero-order chi connectivity index (χ0) is 61.0. The third kappa shape index (κ3) is 46.5. The zero-order valence-electron chi connectivity index (χ0n) is 53.5. The molecule has 1 heterocycles. The standard InChI is InChI=1S/C73H125NO10/c1-4-7-10-13-16-19-22-25-27-29-31-32-33-34-35-37-38-40-42-45-48-51-54-57-60-66(77)72(81)74-64(65(76)59-56-53-50-47-44-24-21-18-15-12-9-6-3)63-82-73-71(70(80)69(79)67(62-75)83-73)84-68(78)61-58-55-52-49-46-43-41-39-36-30-28-26-23-20-17-14-11-8-5-2/h8,11,16-17,19-20,25-28,36,39,43,46,52,55-56,59,64-67,69-71,73,75-77,79-80H,4-7,9-10,12-15,18,21-24,29-35,37-38,40-42,44-45,47-51,53-54,57-58,60-63H2,1-3H3,(H,74,81)/b11-8-,19-16-,20-17-,27-25-,28-26-,39-36-,46-43-,55-52-,59-56+. The molecule has 0 aromatic carbocycles. The Balaban J connectivity index is 2.64. The first-order valence-electron chi connectivity index (χ1n) is 34.2. The number of hydrogen-bond donors (Lipinski definition) is 6. The highest BCUT2D eigenvalue weighted by Gasteiger charge is 2.47. The highest BCUT2D eigenvalue weighted by molar-refractivity contribution is 5.80. The van der Waals surface area contributed by atoms with Gasteiger partial charge < -0.3 is 45.1 Å². The van der Waals surface area contributed by atoms with Crippen molar-refractivity contribution in [3.63, 3.8) is 0 Å². The van der Waals surface area contributed by atoms with E-state index in [1.54, 1.807) is 6.08 Å². The van der Waals surface area contributed by atoms with Crippen LogP contribution in [0.4, 0.5) is 0 Å². The number of ether oxygens (including phenoxy) is 3. The number of aliphatic hydroxyl groups is 5. The minimum atomic E-state index is -1.65. The predicted molar refractivity (Wildman–Crippen MR) is 351 cm³/mol. The van der Waals surface area contributed by atoms with Crippen molar-refractivity contribution in [3.05, 3.63) is 109 Å². The number of rotatable bonds is 57. The fraction of sp³-hybridized carbons (Fsp3) is 0.726. The van der Waals surface area contributed by atoms with Gasteiger partial charge in [0.05, 0.1) is 25.4 Å². The van der Waals surface area contributed by atoms with Gasteiger partial charge in [-0.25, -0.2) is 0 Å². The Hall–Kier alpha value is -3.68. The van der Waals surface area contributed by atoms with Crippen LogP contribution in [-0.2, 0) is 23.8 Å². The largest absolute Gasteiger partial charge is 0.454 e. The van der Waals surface area contributed by atoms with E-state index in [0.29, 0.717) is 19.3 Å². The molecule has 1 aliphatic heterocycles. The van der Waals surface area contributed by atoms with E-state index in [1.165, 1.54) is 141 Å². The van der Waals surface area contributed by atoms with E-state index < -0.39 is 67.4 Å². The number of hydrogen-bond acceptors (Lipinski definition) is 10. The summed E-state index contributed by atoms with van der Waals surface area (Å²) in [6.45, 7) is 5.63. The number of carbonyl (C=O) groups excluding carboxylic acids is 2. The number of amides is 1. The molecule has 0 aliphatic carbocycles. The van der Waals surface area contributed by atoms with Gasteiger partial charge in [-0.05, 0) is 96.3 Å². The lowest BCUT2D eigenvalue weighted by Gasteiger charge is -2.41. The summed E-state index contributed by atoms with van der Waals surface area (Å²) < 4.78 is 17.6. The molecule has 6 N–H and O–H groups in total. The molecule has 8 unspecified atom stereocenters.